The van der Waals surface area contributed by atoms with Crippen molar-refractivity contribution in [1.82, 2.24) is 9.55 Å². The Labute approximate surface area is 121 Å². The Morgan fingerprint density at radius 2 is 2.25 bits per heavy atom. The molecule has 1 aliphatic carbocycles. The van der Waals surface area contributed by atoms with Crippen LogP contribution in [0.3, 0.4) is 0 Å². The minimum Gasteiger partial charge on any atom is -0.306 e. The van der Waals surface area contributed by atoms with Crippen LogP contribution in [-0.2, 0) is 11.2 Å². The second kappa shape index (κ2) is 5.02. The predicted octanol–water partition coefficient (Wildman–Crippen LogP) is 3.51. The second-order valence-corrected chi connectivity index (χ2v) is 5.66. The molecule has 0 bridgehead atoms. The van der Waals surface area contributed by atoms with Crippen molar-refractivity contribution < 1.29 is 9.18 Å². The summed E-state index contributed by atoms with van der Waals surface area (Å²) in [7, 11) is 0. The van der Waals surface area contributed by atoms with E-state index in [1.807, 2.05) is 17.7 Å². The Kier molecular flexibility index (Phi) is 3.34. The minimum atomic E-state index is -0.567. The number of nitrogens with zero attached hydrogens (tertiary/aromatic N) is 2. The van der Waals surface area contributed by atoms with Gasteiger partial charge >= 0.3 is 0 Å². The highest BCUT2D eigenvalue weighted by molar-refractivity contribution is 6.63. The summed E-state index contributed by atoms with van der Waals surface area (Å²) in [6.07, 6.45) is 5.98. The van der Waals surface area contributed by atoms with Gasteiger partial charge in [-0.2, -0.15) is 0 Å². The molecule has 20 heavy (non-hydrogen) atoms. The maximum absolute atomic E-state index is 13.8. The summed E-state index contributed by atoms with van der Waals surface area (Å²) in [5, 5.41) is -0.567. The highest BCUT2D eigenvalue weighted by Gasteiger charge is 2.26. The monoisotopic (exact) mass is 292 g/mol. The van der Waals surface area contributed by atoms with Gasteiger partial charge in [0.15, 0.2) is 0 Å². The van der Waals surface area contributed by atoms with Crippen LogP contribution in [0.15, 0.2) is 24.7 Å². The van der Waals surface area contributed by atoms with Crippen molar-refractivity contribution in [3.63, 3.8) is 0 Å². The third-order valence-electron chi connectivity index (χ3n) is 3.57. The number of halogens is 2. The molecule has 0 atom stereocenters. The average molecular weight is 293 g/mol. The van der Waals surface area contributed by atoms with Gasteiger partial charge in [-0.05, 0) is 54.6 Å². The number of carbonyl (C=O) groups is 1. The first kappa shape index (κ1) is 13.3. The Balaban J connectivity index is 2.00. The first-order chi connectivity index (χ1) is 9.54. The first-order valence-electron chi connectivity index (χ1n) is 6.56. The first-order valence-corrected chi connectivity index (χ1v) is 6.94. The van der Waals surface area contributed by atoms with Crippen molar-refractivity contribution in [2.24, 2.45) is 0 Å². The highest BCUT2D eigenvalue weighted by atomic mass is 35.5. The molecule has 3 nitrogen and oxygen atoms in total. The summed E-state index contributed by atoms with van der Waals surface area (Å²) in [6.45, 7) is 1.83. The van der Waals surface area contributed by atoms with Crippen molar-refractivity contribution >= 4 is 16.8 Å². The number of rotatable bonds is 4. The number of aromatic nitrogens is 2. The van der Waals surface area contributed by atoms with E-state index in [9.17, 15) is 9.18 Å². The normalized spacial score (nSPS) is 14.6. The lowest BCUT2D eigenvalue weighted by molar-refractivity contribution is -0.111. The van der Waals surface area contributed by atoms with Crippen LogP contribution in [0.2, 0.25) is 0 Å². The van der Waals surface area contributed by atoms with Gasteiger partial charge in [0.1, 0.15) is 5.82 Å². The molecule has 1 aromatic heterocycles. The van der Waals surface area contributed by atoms with Gasteiger partial charge in [0.05, 0.1) is 12.0 Å². The number of carbonyl (C=O) groups excluding carboxylic acids is 1. The van der Waals surface area contributed by atoms with Gasteiger partial charge in [-0.1, -0.05) is 0 Å². The van der Waals surface area contributed by atoms with Crippen LogP contribution in [-0.4, -0.2) is 14.8 Å². The maximum Gasteiger partial charge on any atom is 0.226 e. The quantitative estimate of drug-likeness (QED) is 0.808. The lowest BCUT2D eigenvalue weighted by Gasteiger charge is -2.10. The molecule has 0 spiro atoms. The van der Waals surface area contributed by atoms with Crippen molar-refractivity contribution in [3.8, 4) is 5.69 Å². The fourth-order valence-corrected chi connectivity index (χ4v) is 2.47. The molecule has 0 amide bonds. The van der Waals surface area contributed by atoms with E-state index in [0.717, 1.165) is 16.9 Å². The van der Waals surface area contributed by atoms with Gasteiger partial charge in [-0.3, -0.25) is 4.79 Å². The maximum atomic E-state index is 13.8. The molecule has 1 aliphatic rings. The van der Waals surface area contributed by atoms with E-state index in [4.69, 9.17) is 11.6 Å². The van der Waals surface area contributed by atoms with Gasteiger partial charge in [0.25, 0.3) is 0 Å². The lowest BCUT2D eigenvalue weighted by Crippen LogP contribution is -2.02. The molecule has 1 saturated carbocycles. The fraction of sp³-hybridized carbons (Fsp3) is 0.333. The van der Waals surface area contributed by atoms with Crippen LogP contribution in [0.25, 0.3) is 5.69 Å². The van der Waals surface area contributed by atoms with E-state index in [-0.39, 0.29) is 6.42 Å². The summed E-state index contributed by atoms with van der Waals surface area (Å²) in [5.74, 6) is 0.170. The number of hydrogen-bond donors (Lipinski definition) is 0. The molecular formula is C15H14ClFN2O. The Bertz CT molecular complexity index is 677. The van der Waals surface area contributed by atoms with Crippen LogP contribution in [0.4, 0.5) is 4.39 Å². The summed E-state index contributed by atoms with van der Waals surface area (Å²) in [6, 6.07) is 3.10. The lowest BCUT2D eigenvalue weighted by atomic mass is 10.1. The van der Waals surface area contributed by atoms with Crippen LogP contribution >= 0.6 is 11.6 Å². The molecule has 0 radical (unpaired) electrons. The van der Waals surface area contributed by atoms with Crippen LogP contribution in [0, 0.1) is 12.7 Å². The highest BCUT2D eigenvalue weighted by Crippen LogP contribution is 2.39. The molecule has 1 heterocycles. The molecule has 1 aromatic carbocycles. The van der Waals surface area contributed by atoms with Gasteiger partial charge in [0.2, 0.25) is 5.24 Å². The van der Waals surface area contributed by atoms with Gasteiger partial charge in [-0.15, -0.1) is 0 Å². The summed E-state index contributed by atoms with van der Waals surface area (Å²) < 4.78 is 15.7. The predicted molar refractivity (Wildman–Crippen MR) is 74.8 cm³/mol. The van der Waals surface area contributed by atoms with Gasteiger partial charge in [0, 0.05) is 24.2 Å². The van der Waals surface area contributed by atoms with Crippen molar-refractivity contribution in [1.29, 1.82) is 0 Å². The standard InChI is InChI=1S/C15H14ClFN2O/c1-9-4-12(17)11(6-15(16)20)5-14(9)19-7-13(18-8-19)10-2-3-10/h4-5,7-8,10H,2-3,6H2,1H3. The average Bonchev–Trinajstić information content (AvgIpc) is 3.11. The third kappa shape index (κ3) is 2.61. The Morgan fingerprint density at radius 1 is 1.50 bits per heavy atom. The van der Waals surface area contributed by atoms with Crippen LogP contribution in [0.5, 0.6) is 0 Å². The largest absolute Gasteiger partial charge is 0.306 e. The Hall–Kier alpha value is -1.68. The zero-order chi connectivity index (χ0) is 14.3. The van der Waals surface area contributed by atoms with Crippen molar-refractivity contribution in [2.75, 3.05) is 0 Å². The number of aryl methyl sites for hydroxylation is 1. The summed E-state index contributed by atoms with van der Waals surface area (Å²) in [4.78, 5) is 15.4. The summed E-state index contributed by atoms with van der Waals surface area (Å²) in [5.41, 5.74) is 3.02. The molecule has 1 fully saturated rings. The van der Waals surface area contributed by atoms with E-state index in [2.05, 4.69) is 4.98 Å². The second-order valence-electron chi connectivity index (χ2n) is 5.24. The van der Waals surface area contributed by atoms with E-state index < -0.39 is 11.1 Å². The fourth-order valence-electron chi connectivity index (χ4n) is 2.33. The molecule has 0 N–H and O–H groups in total. The zero-order valence-corrected chi connectivity index (χ0v) is 11.8. The molecule has 104 valence electrons. The van der Waals surface area contributed by atoms with E-state index >= 15 is 0 Å². The Morgan fingerprint density at radius 3 is 2.90 bits per heavy atom. The van der Waals surface area contributed by atoms with Gasteiger partial charge < -0.3 is 4.57 Å². The molecule has 2 aromatic rings. The SMILES string of the molecule is Cc1cc(F)c(CC(=O)Cl)cc1-n1cnc(C2CC2)c1. The van der Waals surface area contributed by atoms with E-state index in [1.54, 1.807) is 12.4 Å². The summed E-state index contributed by atoms with van der Waals surface area (Å²) >= 11 is 5.35. The van der Waals surface area contributed by atoms with Crippen LogP contribution < -0.4 is 0 Å². The van der Waals surface area contributed by atoms with E-state index in [1.165, 1.54) is 18.9 Å². The molecule has 3 rings (SSSR count). The van der Waals surface area contributed by atoms with Gasteiger partial charge in [-0.25, -0.2) is 9.37 Å². The molecular weight excluding hydrogens is 279 g/mol. The van der Waals surface area contributed by atoms with E-state index in [0.29, 0.717) is 11.5 Å². The molecule has 0 unspecified atom stereocenters. The molecule has 0 saturated heterocycles. The smallest absolute Gasteiger partial charge is 0.226 e. The minimum absolute atomic E-state index is 0.106. The number of benzene rings is 1. The van der Waals surface area contributed by atoms with Crippen LogP contribution in [0.1, 0.15) is 35.6 Å². The number of imidazole rings is 1. The zero-order valence-electron chi connectivity index (χ0n) is 11.1. The molecule has 5 heteroatoms. The topological polar surface area (TPSA) is 34.9 Å². The molecule has 0 aliphatic heterocycles. The van der Waals surface area contributed by atoms with Crippen molar-refractivity contribution in [3.05, 3.63) is 47.3 Å². The third-order valence-corrected chi connectivity index (χ3v) is 3.70. The van der Waals surface area contributed by atoms with Crippen molar-refractivity contribution in [2.45, 2.75) is 32.1 Å². The number of hydrogen-bond acceptors (Lipinski definition) is 2.